The first-order chi connectivity index (χ1) is 16.6. The standard InChI is InChI=1S/C24H21ClF3N5OS/c1-12-2-7-15-16(11-29)23(35-19(15)8-12)31-22(34)18-10-21-30-17(13-3-5-14(25)6-4-13)9-20(24(26,27)28)33(21)32-18/h3-6,10,12,17,20,30H,2,7-9H2,1H3,(H,31,34). The Morgan fingerprint density at radius 3 is 2.77 bits per heavy atom. The van der Waals surface area contributed by atoms with Crippen LogP contribution >= 0.6 is 22.9 Å². The summed E-state index contributed by atoms with van der Waals surface area (Å²) >= 11 is 7.28. The van der Waals surface area contributed by atoms with E-state index in [1.54, 1.807) is 24.3 Å². The number of thiophene rings is 1. The van der Waals surface area contributed by atoms with Crippen molar-refractivity contribution in [1.82, 2.24) is 9.78 Å². The largest absolute Gasteiger partial charge is 0.410 e. The molecule has 1 aliphatic carbocycles. The molecular formula is C24H21ClF3N5OS. The van der Waals surface area contributed by atoms with Gasteiger partial charge in [0, 0.05) is 22.4 Å². The molecule has 0 saturated heterocycles. The Morgan fingerprint density at radius 1 is 1.34 bits per heavy atom. The van der Waals surface area contributed by atoms with Crippen LogP contribution in [0.5, 0.6) is 0 Å². The van der Waals surface area contributed by atoms with Crippen molar-refractivity contribution in [1.29, 1.82) is 5.26 Å². The molecule has 0 bridgehead atoms. The van der Waals surface area contributed by atoms with Crippen LogP contribution in [0.3, 0.4) is 0 Å². The summed E-state index contributed by atoms with van der Waals surface area (Å²) in [7, 11) is 0. The minimum atomic E-state index is -4.56. The third kappa shape index (κ3) is 4.50. The average molecular weight is 520 g/mol. The number of rotatable bonds is 3. The molecule has 3 heterocycles. The van der Waals surface area contributed by atoms with E-state index in [9.17, 15) is 23.2 Å². The van der Waals surface area contributed by atoms with Crippen molar-refractivity contribution in [3.8, 4) is 6.07 Å². The van der Waals surface area contributed by atoms with Crippen LogP contribution in [0.15, 0.2) is 30.3 Å². The molecule has 0 saturated carbocycles. The monoisotopic (exact) mass is 519 g/mol. The quantitative estimate of drug-likeness (QED) is 0.413. The molecule has 3 atom stereocenters. The number of hydrogen-bond donors (Lipinski definition) is 2. The normalized spacial score (nSPS) is 21.4. The lowest BCUT2D eigenvalue weighted by molar-refractivity contribution is -0.173. The molecule has 11 heteroatoms. The number of carbonyl (C=O) groups excluding carboxylic acids is 1. The van der Waals surface area contributed by atoms with Gasteiger partial charge in [0.1, 0.15) is 16.9 Å². The summed E-state index contributed by atoms with van der Waals surface area (Å²) in [6.07, 6.45) is -2.26. The molecule has 5 rings (SSSR count). The zero-order valence-corrected chi connectivity index (χ0v) is 20.2. The van der Waals surface area contributed by atoms with Crippen molar-refractivity contribution in [3.05, 3.63) is 62.6 Å². The number of anilines is 2. The molecule has 2 aliphatic rings. The van der Waals surface area contributed by atoms with Crippen LogP contribution in [0.2, 0.25) is 5.02 Å². The molecule has 0 radical (unpaired) electrons. The SMILES string of the molecule is CC1CCc2c(sc(NC(=O)c3cc4n(n3)C(C(F)(F)F)CC(c3ccc(Cl)cc3)N4)c2C#N)C1. The molecule has 0 spiro atoms. The first kappa shape index (κ1) is 23.7. The maximum Gasteiger partial charge on any atom is 0.410 e. The van der Waals surface area contributed by atoms with Gasteiger partial charge in [-0.05, 0) is 48.4 Å². The lowest BCUT2D eigenvalue weighted by Gasteiger charge is -2.33. The Labute approximate surface area is 208 Å². The zero-order chi connectivity index (χ0) is 24.9. The van der Waals surface area contributed by atoms with E-state index in [1.165, 1.54) is 17.4 Å². The van der Waals surface area contributed by atoms with E-state index < -0.39 is 24.2 Å². The topological polar surface area (TPSA) is 82.7 Å². The molecule has 0 fully saturated rings. The fourth-order valence-corrected chi connectivity index (χ4v) is 6.20. The summed E-state index contributed by atoms with van der Waals surface area (Å²) in [4.78, 5) is 14.1. The predicted octanol–water partition coefficient (Wildman–Crippen LogP) is 6.51. The minimum Gasteiger partial charge on any atom is -0.363 e. The second-order valence-corrected chi connectivity index (χ2v) is 10.6. The number of aromatic nitrogens is 2. The summed E-state index contributed by atoms with van der Waals surface area (Å²) in [6, 6.07) is 7.57. The molecule has 1 aliphatic heterocycles. The Bertz CT molecular complexity index is 1320. The predicted molar refractivity (Wildman–Crippen MR) is 128 cm³/mol. The lowest BCUT2D eigenvalue weighted by Crippen LogP contribution is -2.35. The highest BCUT2D eigenvalue weighted by molar-refractivity contribution is 7.16. The van der Waals surface area contributed by atoms with Crippen molar-refractivity contribution >= 4 is 39.7 Å². The molecule has 1 amide bonds. The number of halogens is 4. The molecule has 2 aromatic heterocycles. The van der Waals surface area contributed by atoms with Gasteiger partial charge < -0.3 is 10.6 Å². The number of nitrogens with one attached hydrogen (secondary N) is 2. The van der Waals surface area contributed by atoms with Crippen LogP contribution in [0, 0.1) is 17.2 Å². The summed E-state index contributed by atoms with van der Waals surface area (Å²) in [5.74, 6) is -0.0561. The Hall–Kier alpha value is -3.03. The second kappa shape index (κ2) is 8.88. The van der Waals surface area contributed by atoms with E-state index in [0.29, 0.717) is 27.1 Å². The molecule has 2 N–H and O–H groups in total. The number of nitrogens with zero attached hydrogens (tertiary/aromatic N) is 3. The Balaban J connectivity index is 1.44. The van der Waals surface area contributed by atoms with E-state index in [4.69, 9.17) is 11.6 Å². The highest BCUT2D eigenvalue weighted by atomic mass is 35.5. The first-order valence-electron chi connectivity index (χ1n) is 11.2. The number of hydrogen-bond acceptors (Lipinski definition) is 5. The number of carbonyl (C=O) groups is 1. The molecule has 182 valence electrons. The van der Waals surface area contributed by atoms with Gasteiger partial charge in [-0.25, -0.2) is 4.68 Å². The molecule has 3 aromatic rings. The van der Waals surface area contributed by atoms with Crippen molar-refractivity contribution < 1.29 is 18.0 Å². The van der Waals surface area contributed by atoms with Gasteiger partial charge >= 0.3 is 6.18 Å². The molecule has 35 heavy (non-hydrogen) atoms. The van der Waals surface area contributed by atoms with Crippen LogP contribution in [0.25, 0.3) is 0 Å². The molecular weight excluding hydrogens is 499 g/mol. The minimum absolute atomic E-state index is 0.100. The van der Waals surface area contributed by atoms with Crippen molar-refractivity contribution in [2.45, 2.75) is 50.9 Å². The summed E-state index contributed by atoms with van der Waals surface area (Å²) in [6.45, 7) is 2.14. The summed E-state index contributed by atoms with van der Waals surface area (Å²) in [5.41, 5.74) is 1.89. The van der Waals surface area contributed by atoms with Gasteiger partial charge in [0.05, 0.1) is 11.6 Å². The number of amides is 1. The van der Waals surface area contributed by atoms with Crippen LogP contribution in [-0.2, 0) is 12.8 Å². The molecule has 6 nitrogen and oxygen atoms in total. The number of nitriles is 1. The first-order valence-corrected chi connectivity index (χ1v) is 12.4. The van der Waals surface area contributed by atoms with Crippen molar-refractivity contribution in [3.63, 3.8) is 0 Å². The van der Waals surface area contributed by atoms with Crippen LogP contribution in [-0.4, -0.2) is 21.9 Å². The maximum atomic E-state index is 13.9. The third-order valence-electron chi connectivity index (χ3n) is 6.55. The van der Waals surface area contributed by atoms with Crippen molar-refractivity contribution in [2.75, 3.05) is 10.6 Å². The molecule has 1 aromatic carbocycles. The van der Waals surface area contributed by atoms with Gasteiger partial charge in [-0.15, -0.1) is 11.3 Å². The van der Waals surface area contributed by atoms with Crippen molar-refractivity contribution in [2.24, 2.45) is 5.92 Å². The summed E-state index contributed by atoms with van der Waals surface area (Å²) in [5, 5.41) is 20.4. The highest BCUT2D eigenvalue weighted by Gasteiger charge is 2.47. The van der Waals surface area contributed by atoms with E-state index in [1.807, 2.05) is 0 Å². The third-order valence-corrected chi connectivity index (χ3v) is 7.97. The number of fused-ring (bicyclic) bond motifs is 2. The van der Waals surface area contributed by atoms with Crippen LogP contribution in [0.1, 0.15) is 63.9 Å². The van der Waals surface area contributed by atoms with Gasteiger partial charge in [0.15, 0.2) is 11.7 Å². The van der Waals surface area contributed by atoms with E-state index in [-0.39, 0.29) is 17.9 Å². The smallest absolute Gasteiger partial charge is 0.363 e. The van der Waals surface area contributed by atoms with Gasteiger partial charge in [0.25, 0.3) is 5.91 Å². The van der Waals surface area contributed by atoms with Crippen LogP contribution in [0.4, 0.5) is 24.0 Å². The Morgan fingerprint density at radius 2 is 2.09 bits per heavy atom. The van der Waals surface area contributed by atoms with Gasteiger partial charge in [-0.2, -0.15) is 23.5 Å². The average Bonchev–Trinajstić information content (AvgIpc) is 3.38. The fourth-order valence-electron chi connectivity index (χ4n) is 4.72. The zero-order valence-electron chi connectivity index (χ0n) is 18.6. The van der Waals surface area contributed by atoms with Gasteiger partial charge in [-0.1, -0.05) is 30.7 Å². The van der Waals surface area contributed by atoms with Gasteiger partial charge in [0.2, 0.25) is 0 Å². The van der Waals surface area contributed by atoms with Crippen LogP contribution < -0.4 is 10.6 Å². The van der Waals surface area contributed by atoms with Gasteiger partial charge in [-0.3, -0.25) is 4.79 Å². The fraction of sp³-hybridized carbons (Fsp3) is 0.375. The number of alkyl halides is 3. The maximum absolute atomic E-state index is 13.9. The van der Waals surface area contributed by atoms with E-state index in [2.05, 4.69) is 28.7 Å². The van der Waals surface area contributed by atoms with E-state index in [0.717, 1.165) is 34.4 Å². The second-order valence-electron chi connectivity index (χ2n) is 9.02. The Kier molecular flexibility index (Phi) is 6.01. The summed E-state index contributed by atoms with van der Waals surface area (Å²) < 4.78 is 42.7. The number of benzene rings is 1. The lowest BCUT2D eigenvalue weighted by atomic mass is 9.89. The molecule has 3 unspecified atom stereocenters. The highest BCUT2D eigenvalue weighted by Crippen LogP contribution is 2.44. The van der Waals surface area contributed by atoms with E-state index >= 15 is 0 Å².